The van der Waals surface area contributed by atoms with Crippen molar-refractivity contribution in [2.75, 3.05) is 20.6 Å². The average Bonchev–Trinajstić information content (AvgIpc) is 2.11. The van der Waals surface area contributed by atoms with Gasteiger partial charge >= 0.3 is 12.1 Å². The SMILES string of the molecule is CN(C)C[C@H](NC(=O)OC(C)(C)C)[C@@H](N)CC(=O)O. The van der Waals surface area contributed by atoms with E-state index in [0.717, 1.165) is 0 Å². The van der Waals surface area contributed by atoms with Gasteiger partial charge in [0.15, 0.2) is 0 Å². The van der Waals surface area contributed by atoms with E-state index in [-0.39, 0.29) is 6.42 Å². The van der Waals surface area contributed by atoms with Crippen molar-refractivity contribution in [3.8, 4) is 0 Å². The summed E-state index contributed by atoms with van der Waals surface area (Å²) in [5.74, 6) is -0.998. The van der Waals surface area contributed by atoms with E-state index in [9.17, 15) is 9.59 Å². The maximum atomic E-state index is 11.7. The van der Waals surface area contributed by atoms with E-state index < -0.39 is 29.7 Å². The molecule has 112 valence electrons. The first-order valence-electron chi connectivity index (χ1n) is 6.13. The number of nitrogens with zero attached hydrogens (tertiary/aromatic N) is 1. The molecule has 7 heteroatoms. The molecule has 19 heavy (non-hydrogen) atoms. The van der Waals surface area contributed by atoms with Crippen LogP contribution in [0.5, 0.6) is 0 Å². The van der Waals surface area contributed by atoms with Crippen LogP contribution in [0.4, 0.5) is 4.79 Å². The molecule has 2 atom stereocenters. The number of hydrogen-bond acceptors (Lipinski definition) is 5. The Morgan fingerprint density at radius 1 is 1.37 bits per heavy atom. The Morgan fingerprint density at radius 3 is 2.26 bits per heavy atom. The zero-order valence-corrected chi connectivity index (χ0v) is 12.3. The van der Waals surface area contributed by atoms with Gasteiger partial charge in [-0.3, -0.25) is 4.79 Å². The molecule has 0 aromatic carbocycles. The lowest BCUT2D eigenvalue weighted by Crippen LogP contribution is -2.54. The summed E-state index contributed by atoms with van der Waals surface area (Å²) in [5.41, 5.74) is 5.19. The second-order valence-corrected chi connectivity index (χ2v) is 5.78. The fraction of sp³-hybridized carbons (Fsp3) is 0.833. The van der Waals surface area contributed by atoms with Crippen molar-refractivity contribution in [3.63, 3.8) is 0 Å². The molecule has 4 N–H and O–H groups in total. The minimum atomic E-state index is -0.998. The third-order valence-corrected chi connectivity index (χ3v) is 2.19. The van der Waals surface area contributed by atoms with Gasteiger partial charge in [-0.1, -0.05) is 0 Å². The quantitative estimate of drug-likeness (QED) is 0.641. The number of nitrogens with two attached hydrogens (primary N) is 1. The van der Waals surface area contributed by atoms with E-state index in [1.807, 2.05) is 19.0 Å². The average molecular weight is 275 g/mol. The highest BCUT2D eigenvalue weighted by Crippen LogP contribution is 2.08. The molecule has 0 aliphatic heterocycles. The number of alkyl carbamates (subject to hydrolysis) is 1. The maximum Gasteiger partial charge on any atom is 0.407 e. The molecule has 0 bridgehead atoms. The second-order valence-electron chi connectivity index (χ2n) is 5.78. The number of carbonyl (C=O) groups excluding carboxylic acids is 1. The minimum Gasteiger partial charge on any atom is -0.481 e. The van der Waals surface area contributed by atoms with Gasteiger partial charge in [-0.2, -0.15) is 0 Å². The normalized spacial score (nSPS) is 14.9. The largest absolute Gasteiger partial charge is 0.481 e. The molecule has 1 amide bonds. The fourth-order valence-electron chi connectivity index (χ4n) is 1.48. The van der Waals surface area contributed by atoms with Crippen molar-refractivity contribution in [2.24, 2.45) is 5.73 Å². The highest BCUT2D eigenvalue weighted by atomic mass is 16.6. The van der Waals surface area contributed by atoms with Gasteiger partial charge in [0, 0.05) is 12.6 Å². The van der Waals surface area contributed by atoms with Gasteiger partial charge in [0.1, 0.15) is 5.60 Å². The van der Waals surface area contributed by atoms with E-state index in [1.54, 1.807) is 20.8 Å². The lowest BCUT2D eigenvalue weighted by molar-refractivity contribution is -0.137. The van der Waals surface area contributed by atoms with Crippen LogP contribution in [0.3, 0.4) is 0 Å². The molecule has 0 aliphatic carbocycles. The van der Waals surface area contributed by atoms with Gasteiger partial charge in [-0.25, -0.2) is 4.79 Å². The third-order valence-electron chi connectivity index (χ3n) is 2.19. The van der Waals surface area contributed by atoms with E-state index in [4.69, 9.17) is 15.6 Å². The summed E-state index contributed by atoms with van der Waals surface area (Å²) in [7, 11) is 3.63. The smallest absolute Gasteiger partial charge is 0.407 e. The van der Waals surface area contributed by atoms with Crippen LogP contribution in [0.25, 0.3) is 0 Å². The fourth-order valence-corrected chi connectivity index (χ4v) is 1.48. The zero-order valence-electron chi connectivity index (χ0n) is 12.3. The molecule has 0 fully saturated rings. The predicted octanol–water partition coefficient (Wildman–Crippen LogP) is 0.243. The summed E-state index contributed by atoms with van der Waals surface area (Å²) in [6.07, 6.45) is -0.811. The monoisotopic (exact) mass is 275 g/mol. The summed E-state index contributed by atoms with van der Waals surface area (Å²) >= 11 is 0. The molecule has 0 aliphatic rings. The molecule has 0 aromatic rings. The van der Waals surface area contributed by atoms with Crippen LogP contribution in [0.15, 0.2) is 0 Å². The molecule has 0 spiro atoms. The van der Waals surface area contributed by atoms with Gasteiger partial charge in [0.2, 0.25) is 0 Å². The Hall–Kier alpha value is -1.34. The van der Waals surface area contributed by atoms with Crippen molar-refractivity contribution in [3.05, 3.63) is 0 Å². The predicted molar refractivity (Wildman–Crippen MR) is 71.9 cm³/mol. The third kappa shape index (κ3) is 9.26. The lowest BCUT2D eigenvalue weighted by atomic mass is 10.1. The Labute approximate surface area is 114 Å². The molecule has 0 saturated heterocycles. The van der Waals surface area contributed by atoms with Crippen LogP contribution >= 0.6 is 0 Å². The Morgan fingerprint density at radius 2 is 1.89 bits per heavy atom. The molecule has 0 aromatic heterocycles. The number of aliphatic carboxylic acids is 1. The first-order valence-corrected chi connectivity index (χ1v) is 6.13. The van der Waals surface area contributed by atoms with Gasteiger partial charge in [-0.05, 0) is 34.9 Å². The van der Waals surface area contributed by atoms with E-state index in [2.05, 4.69) is 5.32 Å². The van der Waals surface area contributed by atoms with Crippen LogP contribution in [-0.4, -0.2) is 60.4 Å². The van der Waals surface area contributed by atoms with Crippen molar-refractivity contribution < 1.29 is 19.4 Å². The molecule has 7 nitrogen and oxygen atoms in total. The minimum absolute atomic E-state index is 0.214. The number of carboxylic acids is 1. The first-order chi connectivity index (χ1) is 8.51. The summed E-state index contributed by atoms with van der Waals surface area (Å²) in [5, 5.41) is 11.4. The number of amides is 1. The Balaban J connectivity index is 4.58. The molecule has 0 rings (SSSR count). The summed E-state index contributed by atoms with van der Waals surface area (Å²) in [4.78, 5) is 24.2. The zero-order chi connectivity index (χ0) is 15.2. The highest BCUT2D eigenvalue weighted by molar-refractivity contribution is 5.69. The standard InChI is InChI=1S/C12H25N3O4/c1-12(2,3)19-11(18)14-9(7-15(4)5)8(13)6-10(16)17/h8-9H,6-7,13H2,1-5H3,(H,14,18)(H,16,17)/t8-,9-/m0/s1. The number of nitrogens with one attached hydrogen (secondary N) is 1. The summed E-state index contributed by atoms with van der Waals surface area (Å²) in [6, 6.07) is -1.16. The van der Waals surface area contributed by atoms with Gasteiger partial charge in [0.25, 0.3) is 0 Å². The summed E-state index contributed by atoms with van der Waals surface area (Å²) in [6.45, 7) is 5.70. The molecular formula is C12H25N3O4. The van der Waals surface area contributed by atoms with Crippen molar-refractivity contribution in [1.82, 2.24) is 10.2 Å². The van der Waals surface area contributed by atoms with Gasteiger partial charge in [-0.15, -0.1) is 0 Å². The van der Waals surface area contributed by atoms with Crippen molar-refractivity contribution in [1.29, 1.82) is 0 Å². The first kappa shape index (κ1) is 17.7. The number of rotatable bonds is 6. The topological polar surface area (TPSA) is 105 Å². The van der Waals surface area contributed by atoms with Crippen LogP contribution in [-0.2, 0) is 9.53 Å². The number of likely N-dealkylation sites (N-methyl/N-ethyl adjacent to an activating group) is 1. The number of carbonyl (C=O) groups is 2. The van der Waals surface area contributed by atoms with E-state index in [1.165, 1.54) is 0 Å². The summed E-state index contributed by atoms with van der Waals surface area (Å²) < 4.78 is 5.13. The van der Waals surface area contributed by atoms with Crippen LogP contribution < -0.4 is 11.1 Å². The van der Waals surface area contributed by atoms with Crippen LogP contribution in [0, 0.1) is 0 Å². The Bertz CT molecular complexity index is 313. The molecular weight excluding hydrogens is 250 g/mol. The maximum absolute atomic E-state index is 11.7. The molecule has 0 unspecified atom stereocenters. The molecule has 0 heterocycles. The van der Waals surface area contributed by atoms with Crippen molar-refractivity contribution >= 4 is 12.1 Å². The van der Waals surface area contributed by atoms with Gasteiger partial charge in [0.05, 0.1) is 12.5 Å². The van der Waals surface area contributed by atoms with Gasteiger partial charge < -0.3 is 25.8 Å². The number of ether oxygens (including phenoxy) is 1. The Kier molecular flexibility index (Phi) is 6.78. The highest BCUT2D eigenvalue weighted by Gasteiger charge is 2.25. The molecule has 0 saturated carbocycles. The van der Waals surface area contributed by atoms with Crippen LogP contribution in [0.2, 0.25) is 0 Å². The van der Waals surface area contributed by atoms with E-state index in [0.29, 0.717) is 6.54 Å². The number of hydrogen-bond donors (Lipinski definition) is 3. The second kappa shape index (κ2) is 7.30. The van der Waals surface area contributed by atoms with Crippen LogP contribution in [0.1, 0.15) is 27.2 Å². The lowest BCUT2D eigenvalue weighted by Gasteiger charge is -2.28. The number of carboxylic acid groups (broad SMARTS) is 1. The van der Waals surface area contributed by atoms with Crippen molar-refractivity contribution in [2.45, 2.75) is 44.9 Å². The molecule has 0 radical (unpaired) electrons. The van der Waals surface area contributed by atoms with E-state index >= 15 is 0 Å².